The fraction of sp³-hybridized carbons (Fsp3) is 0.550. The lowest BCUT2D eigenvalue weighted by molar-refractivity contribution is -0.142. The van der Waals surface area contributed by atoms with Crippen molar-refractivity contribution in [2.24, 2.45) is 5.92 Å². The number of likely N-dealkylation sites (tertiary alicyclic amines) is 2. The molecule has 3 rings (SSSR count). The van der Waals surface area contributed by atoms with Gasteiger partial charge in [0, 0.05) is 38.5 Å². The van der Waals surface area contributed by atoms with Gasteiger partial charge in [-0.25, -0.2) is 9.59 Å². The van der Waals surface area contributed by atoms with Gasteiger partial charge in [0.15, 0.2) is 0 Å². The summed E-state index contributed by atoms with van der Waals surface area (Å²) in [5, 5.41) is 12.1. The summed E-state index contributed by atoms with van der Waals surface area (Å²) < 4.78 is 0. The van der Waals surface area contributed by atoms with E-state index in [1.54, 1.807) is 0 Å². The molecule has 0 saturated carbocycles. The molecule has 27 heavy (non-hydrogen) atoms. The monoisotopic (exact) mass is 373 g/mol. The van der Waals surface area contributed by atoms with Gasteiger partial charge in [-0.1, -0.05) is 30.3 Å². The van der Waals surface area contributed by atoms with Crippen molar-refractivity contribution in [3.8, 4) is 0 Å². The molecular formula is C20H27N3O4. The van der Waals surface area contributed by atoms with Crippen LogP contribution in [-0.4, -0.2) is 65.0 Å². The topological polar surface area (TPSA) is 90.0 Å². The normalized spacial score (nSPS) is 19.0. The number of aliphatic carboxylic acids is 1. The van der Waals surface area contributed by atoms with Crippen LogP contribution in [0.25, 0.3) is 0 Å². The van der Waals surface area contributed by atoms with Gasteiger partial charge in [0.1, 0.15) is 6.04 Å². The zero-order chi connectivity index (χ0) is 19.2. The van der Waals surface area contributed by atoms with Gasteiger partial charge in [-0.3, -0.25) is 4.79 Å². The molecule has 1 unspecified atom stereocenters. The first-order valence-corrected chi connectivity index (χ1v) is 9.65. The van der Waals surface area contributed by atoms with E-state index in [-0.39, 0.29) is 24.3 Å². The minimum atomic E-state index is -1.03. The molecule has 2 heterocycles. The number of carbonyl (C=O) groups excluding carboxylic acids is 2. The summed E-state index contributed by atoms with van der Waals surface area (Å²) in [5.74, 6) is -1.51. The van der Waals surface area contributed by atoms with E-state index in [0.717, 1.165) is 31.5 Å². The highest BCUT2D eigenvalue weighted by Gasteiger charge is 2.32. The number of nitrogens with one attached hydrogen (secondary N) is 1. The number of piperidine rings is 1. The quantitative estimate of drug-likeness (QED) is 0.822. The lowest BCUT2D eigenvalue weighted by atomic mass is 9.95. The first-order chi connectivity index (χ1) is 13.0. The van der Waals surface area contributed by atoms with E-state index < -0.39 is 12.0 Å². The van der Waals surface area contributed by atoms with Gasteiger partial charge >= 0.3 is 12.0 Å². The number of rotatable bonds is 5. The second-order valence-corrected chi connectivity index (χ2v) is 7.33. The Morgan fingerprint density at radius 3 is 2.19 bits per heavy atom. The first kappa shape index (κ1) is 19.2. The maximum absolute atomic E-state index is 12.5. The maximum Gasteiger partial charge on any atom is 0.326 e. The molecular weight excluding hydrogens is 346 g/mol. The third kappa shape index (κ3) is 4.99. The van der Waals surface area contributed by atoms with E-state index in [0.29, 0.717) is 25.9 Å². The third-order valence-electron chi connectivity index (χ3n) is 5.41. The van der Waals surface area contributed by atoms with Crippen LogP contribution in [0.15, 0.2) is 30.3 Å². The third-order valence-corrected chi connectivity index (χ3v) is 5.41. The summed E-state index contributed by atoms with van der Waals surface area (Å²) in [4.78, 5) is 40.2. The fourth-order valence-electron chi connectivity index (χ4n) is 3.78. The Balaban J connectivity index is 1.50. The molecule has 1 aromatic carbocycles. The van der Waals surface area contributed by atoms with Crippen LogP contribution < -0.4 is 5.32 Å². The van der Waals surface area contributed by atoms with Gasteiger partial charge in [-0.05, 0) is 31.2 Å². The van der Waals surface area contributed by atoms with Gasteiger partial charge in [0.25, 0.3) is 0 Å². The van der Waals surface area contributed by atoms with Crippen molar-refractivity contribution in [1.82, 2.24) is 15.1 Å². The van der Waals surface area contributed by atoms with E-state index in [9.17, 15) is 19.5 Å². The van der Waals surface area contributed by atoms with Crippen LogP contribution in [0.4, 0.5) is 4.79 Å². The van der Waals surface area contributed by atoms with Crippen molar-refractivity contribution in [2.75, 3.05) is 26.2 Å². The van der Waals surface area contributed by atoms with E-state index in [1.165, 1.54) is 0 Å². The van der Waals surface area contributed by atoms with Crippen molar-refractivity contribution < 1.29 is 19.5 Å². The minimum Gasteiger partial charge on any atom is -0.480 e. The molecule has 7 heteroatoms. The largest absolute Gasteiger partial charge is 0.480 e. The summed E-state index contributed by atoms with van der Waals surface area (Å²) in [7, 11) is 0. The molecule has 0 spiro atoms. The van der Waals surface area contributed by atoms with Crippen molar-refractivity contribution in [3.63, 3.8) is 0 Å². The highest BCUT2D eigenvalue weighted by atomic mass is 16.4. The average molecular weight is 373 g/mol. The Labute approximate surface area is 159 Å². The molecule has 3 amide bonds. The number of hydrogen-bond donors (Lipinski definition) is 2. The van der Waals surface area contributed by atoms with Crippen molar-refractivity contribution >= 4 is 17.9 Å². The van der Waals surface area contributed by atoms with E-state index in [1.807, 2.05) is 40.1 Å². The molecule has 2 aliphatic heterocycles. The number of nitrogens with zero attached hydrogens (tertiary/aromatic N) is 2. The zero-order valence-electron chi connectivity index (χ0n) is 15.5. The molecule has 146 valence electrons. The number of benzene rings is 1. The van der Waals surface area contributed by atoms with Crippen LogP contribution in [0.2, 0.25) is 0 Å². The predicted octanol–water partition coefficient (Wildman–Crippen LogP) is 1.73. The standard InChI is InChI=1S/C20H27N3O4/c24-18(21-17(19(25)26)14-15-6-2-1-3-7-15)16-8-12-23(13-9-16)20(27)22-10-4-5-11-22/h1-3,6-7,16-17H,4-5,8-14H2,(H,21,24)(H,25,26). The van der Waals surface area contributed by atoms with Crippen LogP contribution in [0, 0.1) is 5.92 Å². The fourth-order valence-corrected chi connectivity index (χ4v) is 3.78. The number of carboxylic acids is 1. The Morgan fingerprint density at radius 1 is 1.00 bits per heavy atom. The molecule has 7 nitrogen and oxygen atoms in total. The van der Waals surface area contributed by atoms with Crippen LogP contribution in [0.1, 0.15) is 31.2 Å². The van der Waals surface area contributed by atoms with Crippen molar-refractivity contribution in [1.29, 1.82) is 0 Å². The van der Waals surface area contributed by atoms with E-state index in [4.69, 9.17) is 0 Å². The SMILES string of the molecule is O=C(NC(Cc1ccccc1)C(=O)O)C1CCN(C(=O)N2CCCC2)CC1. The molecule has 0 aliphatic carbocycles. The molecule has 2 fully saturated rings. The number of urea groups is 1. The molecule has 1 aromatic rings. The molecule has 0 aromatic heterocycles. The summed E-state index contributed by atoms with van der Waals surface area (Å²) in [5.41, 5.74) is 0.872. The Morgan fingerprint density at radius 2 is 1.59 bits per heavy atom. The summed E-state index contributed by atoms with van der Waals surface area (Å²) in [6, 6.07) is 8.40. The van der Waals surface area contributed by atoms with Crippen LogP contribution in [0.5, 0.6) is 0 Å². The van der Waals surface area contributed by atoms with Gasteiger partial charge < -0.3 is 20.2 Å². The highest BCUT2D eigenvalue weighted by Crippen LogP contribution is 2.20. The van der Waals surface area contributed by atoms with Crippen LogP contribution >= 0.6 is 0 Å². The predicted molar refractivity (Wildman–Crippen MR) is 100 cm³/mol. The zero-order valence-corrected chi connectivity index (χ0v) is 15.5. The Bertz CT molecular complexity index is 665. The Kier molecular flexibility index (Phi) is 6.32. The molecule has 2 aliphatic rings. The van der Waals surface area contributed by atoms with Gasteiger partial charge in [-0.15, -0.1) is 0 Å². The second kappa shape index (κ2) is 8.88. The van der Waals surface area contributed by atoms with Crippen LogP contribution in [-0.2, 0) is 16.0 Å². The molecule has 0 radical (unpaired) electrons. The van der Waals surface area contributed by atoms with Crippen LogP contribution in [0.3, 0.4) is 0 Å². The van der Waals surface area contributed by atoms with E-state index in [2.05, 4.69) is 5.32 Å². The van der Waals surface area contributed by atoms with Gasteiger partial charge in [0.2, 0.25) is 5.91 Å². The maximum atomic E-state index is 12.5. The summed E-state index contributed by atoms with van der Waals surface area (Å²) in [6.07, 6.45) is 3.52. The molecule has 2 saturated heterocycles. The number of amides is 3. The summed E-state index contributed by atoms with van der Waals surface area (Å²) >= 11 is 0. The number of carbonyl (C=O) groups is 3. The lowest BCUT2D eigenvalue weighted by Gasteiger charge is -2.34. The number of carboxylic acid groups (broad SMARTS) is 1. The Hall–Kier alpha value is -2.57. The van der Waals surface area contributed by atoms with Gasteiger partial charge in [-0.2, -0.15) is 0 Å². The highest BCUT2D eigenvalue weighted by molar-refractivity contribution is 5.85. The van der Waals surface area contributed by atoms with Crippen molar-refractivity contribution in [2.45, 2.75) is 38.1 Å². The summed E-state index contributed by atoms with van der Waals surface area (Å²) in [6.45, 7) is 2.73. The molecule has 0 bridgehead atoms. The van der Waals surface area contributed by atoms with Gasteiger partial charge in [0.05, 0.1) is 0 Å². The molecule has 1 atom stereocenters. The lowest BCUT2D eigenvalue weighted by Crippen LogP contribution is -2.50. The smallest absolute Gasteiger partial charge is 0.326 e. The molecule has 2 N–H and O–H groups in total. The van der Waals surface area contributed by atoms with E-state index >= 15 is 0 Å². The first-order valence-electron chi connectivity index (χ1n) is 9.65. The number of hydrogen-bond acceptors (Lipinski definition) is 3. The second-order valence-electron chi connectivity index (χ2n) is 7.33. The minimum absolute atomic E-state index is 0.0684. The average Bonchev–Trinajstić information content (AvgIpc) is 3.22. The van der Waals surface area contributed by atoms with Crippen molar-refractivity contribution in [3.05, 3.63) is 35.9 Å².